The van der Waals surface area contributed by atoms with Crippen LogP contribution in [0.15, 0.2) is 36.4 Å². The fourth-order valence-corrected chi connectivity index (χ4v) is 3.62. The third-order valence-electron chi connectivity index (χ3n) is 3.51. The molecule has 21 heavy (non-hydrogen) atoms. The van der Waals surface area contributed by atoms with E-state index in [2.05, 4.69) is 21.2 Å². The van der Waals surface area contributed by atoms with Crippen LogP contribution in [0, 0.1) is 5.82 Å². The zero-order chi connectivity index (χ0) is 15.0. The Hall–Kier alpha value is -1.39. The number of fused-ring (bicyclic) bond motifs is 1. The molecule has 0 radical (unpaired) electrons. The summed E-state index contributed by atoms with van der Waals surface area (Å²) in [4.78, 5) is 11.4. The first-order valence-corrected chi connectivity index (χ1v) is 7.83. The van der Waals surface area contributed by atoms with Crippen molar-refractivity contribution in [2.75, 3.05) is 5.32 Å². The van der Waals surface area contributed by atoms with E-state index in [4.69, 9.17) is 11.6 Å². The number of rotatable bonds is 3. The summed E-state index contributed by atoms with van der Waals surface area (Å²) in [5, 5.41) is 3.39. The van der Waals surface area contributed by atoms with E-state index in [1.165, 1.54) is 12.1 Å². The highest BCUT2D eigenvalue weighted by molar-refractivity contribution is 9.09. The summed E-state index contributed by atoms with van der Waals surface area (Å²) in [6.07, 6.45) is 1.08. The zero-order valence-electron chi connectivity index (χ0n) is 11.0. The Labute approximate surface area is 135 Å². The molecule has 0 bridgehead atoms. The van der Waals surface area contributed by atoms with E-state index in [1.54, 1.807) is 18.2 Å². The zero-order valence-corrected chi connectivity index (χ0v) is 13.3. The standard InChI is InChI=1S/C16H12BrClFNO/c17-13(5-9-1-3-11(19)4-2-9)12-6-10-7-16(21)20-15(10)8-14(12)18/h1-4,6,8,13H,5,7H2,(H,20,21). The number of benzene rings is 2. The number of hydrogen-bond donors (Lipinski definition) is 1. The van der Waals surface area contributed by atoms with E-state index < -0.39 is 0 Å². The van der Waals surface area contributed by atoms with Crippen molar-refractivity contribution >= 4 is 39.1 Å². The van der Waals surface area contributed by atoms with Crippen molar-refractivity contribution in [1.82, 2.24) is 0 Å². The number of anilines is 1. The number of hydrogen-bond acceptors (Lipinski definition) is 1. The van der Waals surface area contributed by atoms with Crippen molar-refractivity contribution in [2.24, 2.45) is 0 Å². The van der Waals surface area contributed by atoms with Crippen LogP contribution in [0.5, 0.6) is 0 Å². The highest BCUT2D eigenvalue weighted by atomic mass is 79.9. The molecule has 0 aromatic heterocycles. The third-order valence-corrected chi connectivity index (χ3v) is 4.66. The number of amides is 1. The highest BCUT2D eigenvalue weighted by Crippen LogP contribution is 2.37. The number of halogens is 3. The second-order valence-electron chi connectivity index (χ2n) is 5.05. The van der Waals surface area contributed by atoms with Gasteiger partial charge in [0.1, 0.15) is 5.82 Å². The van der Waals surface area contributed by atoms with Gasteiger partial charge in [-0.15, -0.1) is 0 Å². The number of carbonyl (C=O) groups is 1. The summed E-state index contributed by atoms with van der Waals surface area (Å²) in [6.45, 7) is 0. The molecule has 1 aliphatic rings. The predicted molar refractivity (Wildman–Crippen MR) is 85.6 cm³/mol. The van der Waals surface area contributed by atoms with Crippen LogP contribution in [-0.2, 0) is 17.6 Å². The van der Waals surface area contributed by atoms with E-state index >= 15 is 0 Å². The van der Waals surface area contributed by atoms with Gasteiger partial charge in [0, 0.05) is 15.5 Å². The Morgan fingerprint density at radius 1 is 1.29 bits per heavy atom. The SMILES string of the molecule is O=C1Cc2cc(C(Br)Cc3ccc(F)cc3)c(Cl)cc2N1. The fourth-order valence-electron chi connectivity index (χ4n) is 2.44. The Morgan fingerprint density at radius 2 is 2.00 bits per heavy atom. The van der Waals surface area contributed by atoms with Gasteiger partial charge in [0.2, 0.25) is 5.91 Å². The second-order valence-corrected chi connectivity index (χ2v) is 6.57. The van der Waals surface area contributed by atoms with Gasteiger partial charge in [0.25, 0.3) is 0 Å². The van der Waals surface area contributed by atoms with Crippen molar-refractivity contribution in [1.29, 1.82) is 0 Å². The van der Waals surface area contributed by atoms with Gasteiger partial charge in [-0.3, -0.25) is 4.79 Å². The molecule has 0 aliphatic carbocycles. The van der Waals surface area contributed by atoms with Crippen molar-refractivity contribution in [3.05, 3.63) is 63.9 Å². The molecule has 1 N–H and O–H groups in total. The fraction of sp³-hybridized carbons (Fsp3) is 0.188. The molecule has 3 rings (SSSR count). The number of carbonyl (C=O) groups excluding carboxylic acids is 1. The lowest BCUT2D eigenvalue weighted by Crippen LogP contribution is -2.03. The summed E-state index contributed by atoms with van der Waals surface area (Å²) in [7, 11) is 0. The van der Waals surface area contributed by atoms with Crippen molar-refractivity contribution < 1.29 is 9.18 Å². The van der Waals surface area contributed by atoms with Crippen LogP contribution in [0.3, 0.4) is 0 Å². The number of nitrogens with one attached hydrogen (secondary N) is 1. The van der Waals surface area contributed by atoms with Crippen LogP contribution < -0.4 is 5.32 Å². The molecule has 2 aromatic carbocycles. The van der Waals surface area contributed by atoms with Gasteiger partial charge in [-0.25, -0.2) is 4.39 Å². The molecule has 108 valence electrons. The molecule has 0 fully saturated rings. The normalized spacial score (nSPS) is 14.7. The topological polar surface area (TPSA) is 29.1 Å². The summed E-state index contributed by atoms with van der Waals surface area (Å²) >= 11 is 9.93. The highest BCUT2D eigenvalue weighted by Gasteiger charge is 2.22. The summed E-state index contributed by atoms with van der Waals surface area (Å²) < 4.78 is 12.9. The maximum atomic E-state index is 12.9. The monoisotopic (exact) mass is 367 g/mol. The van der Waals surface area contributed by atoms with Gasteiger partial charge < -0.3 is 5.32 Å². The average molecular weight is 369 g/mol. The molecule has 5 heteroatoms. The van der Waals surface area contributed by atoms with Gasteiger partial charge in [-0.1, -0.05) is 45.7 Å². The molecular formula is C16H12BrClFNO. The van der Waals surface area contributed by atoms with E-state index in [1.807, 2.05) is 6.07 Å². The molecule has 0 saturated carbocycles. The first kappa shape index (κ1) is 14.5. The maximum Gasteiger partial charge on any atom is 0.228 e. The van der Waals surface area contributed by atoms with Crippen molar-refractivity contribution in [3.63, 3.8) is 0 Å². The largest absolute Gasteiger partial charge is 0.325 e. The Kier molecular flexibility index (Phi) is 4.00. The van der Waals surface area contributed by atoms with Crippen LogP contribution in [0.1, 0.15) is 21.5 Å². The van der Waals surface area contributed by atoms with Crippen molar-refractivity contribution in [3.8, 4) is 0 Å². The average Bonchev–Trinajstić information content (AvgIpc) is 2.79. The Morgan fingerprint density at radius 3 is 2.71 bits per heavy atom. The van der Waals surface area contributed by atoms with Crippen molar-refractivity contribution in [2.45, 2.75) is 17.7 Å². The van der Waals surface area contributed by atoms with Gasteiger partial charge in [-0.2, -0.15) is 0 Å². The van der Waals surface area contributed by atoms with Crippen LogP contribution in [0.4, 0.5) is 10.1 Å². The summed E-state index contributed by atoms with van der Waals surface area (Å²) in [5.41, 5.74) is 3.71. The first-order chi connectivity index (χ1) is 10.0. The van der Waals surface area contributed by atoms with E-state index in [0.717, 1.165) is 22.4 Å². The lowest BCUT2D eigenvalue weighted by molar-refractivity contribution is -0.115. The van der Waals surface area contributed by atoms with Crippen LogP contribution in [0.25, 0.3) is 0 Å². The third kappa shape index (κ3) is 3.11. The molecule has 2 nitrogen and oxygen atoms in total. The number of alkyl halides is 1. The molecule has 0 spiro atoms. The van der Waals surface area contributed by atoms with Gasteiger partial charge in [0.05, 0.1) is 6.42 Å². The molecule has 1 amide bonds. The molecule has 1 aliphatic heterocycles. The smallest absolute Gasteiger partial charge is 0.228 e. The minimum absolute atomic E-state index is 0.0106. The second kappa shape index (κ2) is 5.78. The van der Waals surface area contributed by atoms with Crippen LogP contribution in [0.2, 0.25) is 5.02 Å². The van der Waals surface area contributed by atoms with Crippen LogP contribution >= 0.6 is 27.5 Å². The molecule has 2 aromatic rings. The minimum atomic E-state index is -0.245. The first-order valence-electron chi connectivity index (χ1n) is 6.53. The quantitative estimate of drug-likeness (QED) is 0.785. The van der Waals surface area contributed by atoms with Gasteiger partial charge in [0.15, 0.2) is 0 Å². The molecule has 0 saturated heterocycles. The Balaban J connectivity index is 1.85. The van der Waals surface area contributed by atoms with E-state index in [-0.39, 0.29) is 16.6 Å². The van der Waals surface area contributed by atoms with E-state index in [0.29, 0.717) is 17.9 Å². The molecular weight excluding hydrogens is 357 g/mol. The summed E-state index contributed by atoms with van der Waals surface area (Å²) in [5.74, 6) is -0.257. The minimum Gasteiger partial charge on any atom is -0.325 e. The Bertz CT molecular complexity index is 702. The maximum absolute atomic E-state index is 12.9. The predicted octanol–water partition coefficient (Wildman–Crippen LogP) is 4.65. The van der Waals surface area contributed by atoms with E-state index in [9.17, 15) is 9.18 Å². The molecule has 1 heterocycles. The van der Waals surface area contributed by atoms with Gasteiger partial charge in [-0.05, 0) is 41.3 Å². The summed E-state index contributed by atoms with van der Waals surface area (Å²) in [6, 6.07) is 10.2. The lowest BCUT2D eigenvalue weighted by Gasteiger charge is -2.14. The van der Waals surface area contributed by atoms with Gasteiger partial charge >= 0.3 is 0 Å². The van der Waals surface area contributed by atoms with Crippen LogP contribution in [-0.4, -0.2) is 5.91 Å². The molecule has 1 atom stereocenters. The molecule has 1 unspecified atom stereocenters. The lowest BCUT2D eigenvalue weighted by atomic mass is 10.0.